The standard InChI is InChI=1S/C11H10N4O3/c1-18-14-8-11(15(16)17)7-13-10-4-2-9(6-12)3-5-10/h2-5,7-8,14H,1H3/b11-8-,13-7?. The molecule has 7 nitrogen and oxygen atoms in total. The molecular weight excluding hydrogens is 236 g/mol. The second-order valence-electron chi connectivity index (χ2n) is 3.07. The van der Waals surface area contributed by atoms with Crippen molar-refractivity contribution in [2.75, 3.05) is 7.11 Å². The summed E-state index contributed by atoms with van der Waals surface area (Å²) in [5.74, 6) is 0. The Balaban J connectivity index is 2.83. The second-order valence-corrected chi connectivity index (χ2v) is 3.07. The van der Waals surface area contributed by atoms with Crippen LogP contribution in [-0.2, 0) is 4.84 Å². The van der Waals surface area contributed by atoms with E-state index in [1.54, 1.807) is 24.3 Å². The average molecular weight is 246 g/mol. The maximum absolute atomic E-state index is 10.6. The highest BCUT2D eigenvalue weighted by Gasteiger charge is 2.06. The number of aliphatic imine (C=N–C) groups is 1. The van der Waals surface area contributed by atoms with Gasteiger partial charge in [-0.15, -0.1) is 0 Å². The molecule has 1 N–H and O–H groups in total. The molecule has 1 aromatic carbocycles. The SMILES string of the molecule is CON/C=C(/C=Nc1ccc(C#N)cc1)[N+](=O)[O-]. The van der Waals surface area contributed by atoms with Gasteiger partial charge in [-0.2, -0.15) is 5.26 Å². The topological polar surface area (TPSA) is 101 Å². The van der Waals surface area contributed by atoms with E-state index in [-0.39, 0.29) is 5.70 Å². The summed E-state index contributed by atoms with van der Waals surface area (Å²) in [5, 5.41) is 19.2. The van der Waals surface area contributed by atoms with E-state index < -0.39 is 4.92 Å². The molecule has 7 heteroatoms. The van der Waals surface area contributed by atoms with Gasteiger partial charge in [0.1, 0.15) is 12.4 Å². The number of nitriles is 1. The molecule has 0 radical (unpaired) electrons. The minimum atomic E-state index is -0.598. The van der Waals surface area contributed by atoms with E-state index >= 15 is 0 Å². The van der Waals surface area contributed by atoms with Crippen LogP contribution in [0.5, 0.6) is 0 Å². The van der Waals surface area contributed by atoms with Crippen LogP contribution in [0.2, 0.25) is 0 Å². The Morgan fingerprint density at radius 1 is 1.56 bits per heavy atom. The summed E-state index contributed by atoms with van der Waals surface area (Å²) in [6, 6.07) is 8.31. The Bertz CT molecular complexity index is 514. The summed E-state index contributed by atoms with van der Waals surface area (Å²) < 4.78 is 0. The van der Waals surface area contributed by atoms with Crippen LogP contribution >= 0.6 is 0 Å². The first-order valence-corrected chi connectivity index (χ1v) is 4.84. The zero-order valence-electron chi connectivity index (χ0n) is 9.53. The first-order valence-electron chi connectivity index (χ1n) is 4.84. The second kappa shape index (κ2) is 6.78. The van der Waals surface area contributed by atoms with E-state index in [9.17, 15) is 10.1 Å². The predicted molar refractivity (Wildman–Crippen MR) is 64.5 cm³/mol. The summed E-state index contributed by atoms with van der Waals surface area (Å²) in [5.41, 5.74) is 3.01. The Kier molecular flexibility index (Phi) is 5.02. The maximum atomic E-state index is 10.6. The number of hydroxylamine groups is 1. The van der Waals surface area contributed by atoms with Gasteiger partial charge in [0.2, 0.25) is 0 Å². The minimum Gasteiger partial charge on any atom is -0.280 e. The van der Waals surface area contributed by atoms with Crippen molar-refractivity contribution in [1.29, 1.82) is 5.26 Å². The lowest BCUT2D eigenvalue weighted by Crippen LogP contribution is -2.08. The summed E-state index contributed by atoms with van der Waals surface area (Å²) in [6.07, 6.45) is 2.17. The monoisotopic (exact) mass is 246 g/mol. The summed E-state index contributed by atoms with van der Waals surface area (Å²) in [4.78, 5) is 18.4. The zero-order chi connectivity index (χ0) is 13.4. The number of nitrogens with zero attached hydrogens (tertiary/aromatic N) is 3. The van der Waals surface area contributed by atoms with Gasteiger partial charge in [0.05, 0.1) is 29.4 Å². The smallest absolute Gasteiger partial charge is 0.280 e. The first kappa shape index (κ1) is 13.3. The van der Waals surface area contributed by atoms with Gasteiger partial charge in [0.15, 0.2) is 0 Å². The fourth-order valence-electron chi connectivity index (χ4n) is 1.02. The molecule has 1 aromatic rings. The molecule has 0 bridgehead atoms. The average Bonchev–Trinajstić information content (AvgIpc) is 2.39. The lowest BCUT2D eigenvalue weighted by Gasteiger charge is -1.95. The van der Waals surface area contributed by atoms with E-state index in [4.69, 9.17) is 5.26 Å². The number of allylic oxidation sites excluding steroid dienone is 1. The molecule has 0 amide bonds. The van der Waals surface area contributed by atoms with Crippen LogP contribution < -0.4 is 5.48 Å². The number of benzene rings is 1. The van der Waals surface area contributed by atoms with E-state index in [1.165, 1.54) is 7.11 Å². The zero-order valence-corrected chi connectivity index (χ0v) is 9.53. The minimum absolute atomic E-state index is 0.249. The number of nitro groups is 1. The van der Waals surface area contributed by atoms with Crippen molar-refractivity contribution in [2.24, 2.45) is 4.99 Å². The third-order valence-corrected chi connectivity index (χ3v) is 1.88. The molecule has 0 saturated heterocycles. The van der Waals surface area contributed by atoms with E-state index in [2.05, 4.69) is 15.3 Å². The molecule has 0 aliphatic rings. The Morgan fingerprint density at radius 2 is 2.22 bits per heavy atom. The van der Waals surface area contributed by atoms with Crippen molar-refractivity contribution >= 4 is 11.9 Å². The molecule has 0 atom stereocenters. The van der Waals surface area contributed by atoms with E-state index in [0.29, 0.717) is 11.3 Å². The highest BCUT2D eigenvalue weighted by molar-refractivity contribution is 5.78. The fraction of sp³-hybridized carbons (Fsp3) is 0.0909. The predicted octanol–water partition coefficient (Wildman–Crippen LogP) is 1.53. The van der Waals surface area contributed by atoms with Gasteiger partial charge < -0.3 is 0 Å². The lowest BCUT2D eigenvalue weighted by molar-refractivity contribution is -0.415. The van der Waals surface area contributed by atoms with Gasteiger partial charge in [0.25, 0.3) is 0 Å². The molecule has 0 unspecified atom stereocenters. The van der Waals surface area contributed by atoms with Crippen LogP contribution in [0.25, 0.3) is 0 Å². The van der Waals surface area contributed by atoms with Crippen molar-refractivity contribution in [2.45, 2.75) is 0 Å². The largest absolute Gasteiger partial charge is 0.305 e. The number of nitrogens with one attached hydrogen (secondary N) is 1. The van der Waals surface area contributed by atoms with Gasteiger partial charge in [-0.25, -0.2) is 4.99 Å². The molecule has 0 aromatic heterocycles. The highest BCUT2D eigenvalue weighted by atomic mass is 16.6. The Morgan fingerprint density at radius 3 is 2.72 bits per heavy atom. The third-order valence-electron chi connectivity index (χ3n) is 1.88. The summed E-state index contributed by atoms with van der Waals surface area (Å²) in [7, 11) is 1.34. The normalized spacial score (nSPS) is 11.2. The van der Waals surface area contributed by atoms with Gasteiger partial charge in [-0.05, 0) is 24.3 Å². The molecule has 0 fully saturated rings. The Labute approximate surface area is 103 Å². The molecule has 0 aliphatic carbocycles. The van der Waals surface area contributed by atoms with Crippen molar-refractivity contribution in [3.05, 3.63) is 51.8 Å². The van der Waals surface area contributed by atoms with E-state index in [1.807, 2.05) is 6.07 Å². The Hall–Kier alpha value is -2.72. The van der Waals surface area contributed by atoms with Crippen LogP contribution in [0, 0.1) is 21.4 Å². The van der Waals surface area contributed by atoms with Crippen molar-refractivity contribution in [3.63, 3.8) is 0 Å². The molecule has 0 aliphatic heterocycles. The first-order chi connectivity index (χ1) is 8.67. The lowest BCUT2D eigenvalue weighted by atomic mass is 10.2. The van der Waals surface area contributed by atoms with Crippen LogP contribution in [0.15, 0.2) is 41.2 Å². The van der Waals surface area contributed by atoms with Crippen LogP contribution in [-0.4, -0.2) is 18.2 Å². The van der Waals surface area contributed by atoms with Crippen LogP contribution in [0.3, 0.4) is 0 Å². The third kappa shape index (κ3) is 4.03. The molecule has 0 spiro atoms. The van der Waals surface area contributed by atoms with Crippen molar-refractivity contribution < 1.29 is 9.76 Å². The number of rotatable bonds is 5. The summed E-state index contributed by atoms with van der Waals surface area (Å²) in [6.45, 7) is 0. The van der Waals surface area contributed by atoms with E-state index in [0.717, 1.165) is 12.4 Å². The number of hydrogen-bond acceptors (Lipinski definition) is 6. The molecule has 0 saturated carbocycles. The fourth-order valence-corrected chi connectivity index (χ4v) is 1.02. The maximum Gasteiger partial charge on any atom is 0.305 e. The van der Waals surface area contributed by atoms with Crippen LogP contribution in [0.1, 0.15) is 5.56 Å². The number of hydrogen-bond donors (Lipinski definition) is 1. The van der Waals surface area contributed by atoms with Gasteiger partial charge in [-0.1, -0.05) is 0 Å². The van der Waals surface area contributed by atoms with Gasteiger partial charge in [0, 0.05) is 0 Å². The van der Waals surface area contributed by atoms with Crippen molar-refractivity contribution in [3.8, 4) is 6.07 Å². The molecular formula is C11H10N4O3. The van der Waals surface area contributed by atoms with Crippen LogP contribution in [0.4, 0.5) is 5.69 Å². The summed E-state index contributed by atoms with van der Waals surface area (Å²) >= 11 is 0. The quantitative estimate of drug-likeness (QED) is 0.482. The molecule has 92 valence electrons. The van der Waals surface area contributed by atoms with Crippen molar-refractivity contribution in [1.82, 2.24) is 5.48 Å². The molecule has 0 heterocycles. The molecule has 18 heavy (non-hydrogen) atoms. The molecule has 1 rings (SSSR count). The highest BCUT2D eigenvalue weighted by Crippen LogP contribution is 2.12. The van der Waals surface area contributed by atoms with Gasteiger partial charge >= 0.3 is 5.70 Å². The van der Waals surface area contributed by atoms with Gasteiger partial charge in [-0.3, -0.25) is 20.4 Å².